The largest absolute Gasteiger partial charge is 0.357 e. The van der Waals surface area contributed by atoms with Gasteiger partial charge in [-0.05, 0) is 31.4 Å². The molecule has 0 aliphatic rings. The van der Waals surface area contributed by atoms with Gasteiger partial charge in [0.05, 0.1) is 24.5 Å². The van der Waals surface area contributed by atoms with Crippen molar-refractivity contribution < 1.29 is 0 Å². The molecular weight excluding hydrogens is 433 g/mol. The van der Waals surface area contributed by atoms with Crippen LogP contribution in [0.15, 0.2) is 28.7 Å². The van der Waals surface area contributed by atoms with Gasteiger partial charge >= 0.3 is 0 Å². The first-order valence-electron chi connectivity index (χ1n) is 7.97. The first kappa shape index (κ1) is 20.8. The molecule has 0 amide bonds. The molecule has 0 aliphatic heterocycles. The Morgan fingerprint density at radius 1 is 1.33 bits per heavy atom. The standard InChI is InChI=1S/C17H25N5S.HI/c1-5-18-17(20-9-14-13(4)7-6-8-19-14)21-10-16-22-15(11-23-16)12(2)3;/h6-8,11-12H,5,9-10H2,1-4H3,(H2,18,20,21);1H. The number of hydrogen-bond donors (Lipinski definition) is 2. The molecule has 2 rings (SSSR count). The number of rotatable bonds is 6. The summed E-state index contributed by atoms with van der Waals surface area (Å²) in [5, 5.41) is 9.80. The van der Waals surface area contributed by atoms with Crippen LogP contribution in [0.25, 0.3) is 0 Å². The van der Waals surface area contributed by atoms with Crippen molar-refractivity contribution in [3.05, 3.63) is 45.7 Å². The summed E-state index contributed by atoms with van der Waals surface area (Å²) in [6, 6.07) is 4.00. The number of guanidine groups is 1. The molecular formula is C17H26IN5S. The first-order chi connectivity index (χ1) is 11.1. The highest BCUT2D eigenvalue weighted by Crippen LogP contribution is 2.17. The third-order valence-electron chi connectivity index (χ3n) is 3.42. The van der Waals surface area contributed by atoms with E-state index in [2.05, 4.69) is 64.7 Å². The van der Waals surface area contributed by atoms with Crippen LogP contribution in [0.4, 0.5) is 0 Å². The number of thiazole rings is 1. The Morgan fingerprint density at radius 3 is 2.75 bits per heavy atom. The highest BCUT2D eigenvalue weighted by atomic mass is 127. The molecule has 5 nitrogen and oxygen atoms in total. The van der Waals surface area contributed by atoms with Gasteiger partial charge in [-0.2, -0.15) is 0 Å². The smallest absolute Gasteiger partial charge is 0.191 e. The zero-order valence-electron chi connectivity index (χ0n) is 14.7. The second-order valence-corrected chi connectivity index (χ2v) is 6.58. The number of aromatic nitrogens is 2. The summed E-state index contributed by atoms with van der Waals surface area (Å²) in [5.41, 5.74) is 3.31. The van der Waals surface area contributed by atoms with Gasteiger partial charge in [0.25, 0.3) is 0 Å². The molecule has 0 aliphatic carbocycles. The van der Waals surface area contributed by atoms with Gasteiger partial charge in [-0.1, -0.05) is 19.9 Å². The summed E-state index contributed by atoms with van der Waals surface area (Å²) in [6.07, 6.45) is 1.81. The monoisotopic (exact) mass is 459 g/mol. The van der Waals surface area contributed by atoms with Crippen molar-refractivity contribution in [1.29, 1.82) is 0 Å². The van der Waals surface area contributed by atoms with Crippen LogP contribution in [0.3, 0.4) is 0 Å². The number of halogens is 1. The highest BCUT2D eigenvalue weighted by molar-refractivity contribution is 14.0. The normalized spacial score (nSPS) is 11.3. The van der Waals surface area contributed by atoms with Gasteiger partial charge in [0.2, 0.25) is 0 Å². The van der Waals surface area contributed by atoms with Crippen molar-refractivity contribution in [1.82, 2.24) is 20.6 Å². The summed E-state index contributed by atoms with van der Waals surface area (Å²) in [4.78, 5) is 13.6. The minimum atomic E-state index is 0. The lowest BCUT2D eigenvalue weighted by Gasteiger charge is -2.10. The van der Waals surface area contributed by atoms with Gasteiger partial charge < -0.3 is 10.6 Å². The number of aryl methyl sites for hydroxylation is 1. The Balaban J connectivity index is 0.00000288. The quantitative estimate of drug-likeness (QED) is 0.392. The molecule has 132 valence electrons. The average molecular weight is 459 g/mol. The van der Waals surface area contributed by atoms with E-state index in [9.17, 15) is 0 Å². The van der Waals surface area contributed by atoms with Gasteiger partial charge in [-0.15, -0.1) is 35.3 Å². The molecule has 0 saturated heterocycles. The first-order valence-corrected chi connectivity index (χ1v) is 8.85. The molecule has 0 bridgehead atoms. The van der Waals surface area contributed by atoms with E-state index >= 15 is 0 Å². The van der Waals surface area contributed by atoms with Crippen molar-refractivity contribution in [2.24, 2.45) is 4.99 Å². The summed E-state index contributed by atoms with van der Waals surface area (Å²) >= 11 is 1.69. The number of pyridine rings is 1. The summed E-state index contributed by atoms with van der Waals surface area (Å²) in [7, 11) is 0. The molecule has 2 heterocycles. The third-order valence-corrected chi connectivity index (χ3v) is 4.28. The second kappa shape index (κ2) is 10.6. The molecule has 7 heteroatoms. The Bertz CT molecular complexity index is 654. The van der Waals surface area contributed by atoms with Crippen molar-refractivity contribution in [2.75, 3.05) is 6.54 Å². The molecule has 0 atom stereocenters. The maximum atomic E-state index is 4.64. The van der Waals surface area contributed by atoms with E-state index < -0.39 is 0 Å². The van der Waals surface area contributed by atoms with Crippen LogP contribution in [0.2, 0.25) is 0 Å². The minimum Gasteiger partial charge on any atom is -0.357 e. The second-order valence-electron chi connectivity index (χ2n) is 5.64. The number of nitrogens with zero attached hydrogens (tertiary/aromatic N) is 3. The van der Waals surface area contributed by atoms with Crippen molar-refractivity contribution in [3.8, 4) is 0 Å². The lowest BCUT2D eigenvalue weighted by molar-refractivity contribution is 0.786. The van der Waals surface area contributed by atoms with Gasteiger partial charge in [0.1, 0.15) is 5.01 Å². The number of aliphatic imine (C=N–C) groups is 1. The topological polar surface area (TPSA) is 62.2 Å². The van der Waals surface area contributed by atoms with E-state index in [0.29, 0.717) is 19.0 Å². The molecule has 0 fully saturated rings. The summed E-state index contributed by atoms with van der Waals surface area (Å²) < 4.78 is 0. The van der Waals surface area contributed by atoms with Crippen molar-refractivity contribution >= 4 is 41.3 Å². The van der Waals surface area contributed by atoms with E-state index in [0.717, 1.165) is 34.5 Å². The van der Waals surface area contributed by atoms with Gasteiger partial charge in [0.15, 0.2) is 5.96 Å². The third kappa shape index (κ3) is 6.35. The molecule has 24 heavy (non-hydrogen) atoms. The average Bonchev–Trinajstić information content (AvgIpc) is 3.00. The maximum absolute atomic E-state index is 4.64. The lowest BCUT2D eigenvalue weighted by atomic mass is 10.2. The Hall–Kier alpha value is -1.22. The van der Waals surface area contributed by atoms with E-state index in [1.807, 2.05) is 6.07 Å². The van der Waals surface area contributed by atoms with Crippen LogP contribution in [0, 0.1) is 6.92 Å². The fraction of sp³-hybridized carbons (Fsp3) is 0.471. The van der Waals surface area contributed by atoms with E-state index in [4.69, 9.17) is 0 Å². The van der Waals surface area contributed by atoms with E-state index in [-0.39, 0.29) is 24.0 Å². The predicted octanol–water partition coefficient (Wildman–Crippen LogP) is 3.84. The zero-order chi connectivity index (χ0) is 16.7. The zero-order valence-corrected chi connectivity index (χ0v) is 17.8. The molecule has 0 spiro atoms. The SMILES string of the molecule is CCNC(=NCc1ncccc1C)NCc1nc(C(C)C)cs1.I. The Morgan fingerprint density at radius 2 is 2.12 bits per heavy atom. The molecule has 2 aromatic heterocycles. The van der Waals surface area contributed by atoms with Crippen LogP contribution in [-0.4, -0.2) is 22.5 Å². The summed E-state index contributed by atoms with van der Waals surface area (Å²) in [6.45, 7) is 10.5. The number of hydrogen-bond acceptors (Lipinski definition) is 4. The van der Waals surface area contributed by atoms with Crippen molar-refractivity contribution in [3.63, 3.8) is 0 Å². The van der Waals surface area contributed by atoms with Crippen LogP contribution >= 0.6 is 35.3 Å². The fourth-order valence-corrected chi connectivity index (χ4v) is 2.91. The van der Waals surface area contributed by atoms with Gasteiger partial charge in [-0.25, -0.2) is 9.98 Å². The van der Waals surface area contributed by atoms with Gasteiger partial charge in [-0.3, -0.25) is 4.98 Å². The van der Waals surface area contributed by atoms with Crippen LogP contribution in [0.1, 0.15) is 48.6 Å². The maximum Gasteiger partial charge on any atom is 0.191 e. The van der Waals surface area contributed by atoms with Crippen molar-refractivity contribution in [2.45, 2.75) is 46.7 Å². The van der Waals surface area contributed by atoms with E-state index in [1.165, 1.54) is 0 Å². The fourth-order valence-electron chi connectivity index (χ4n) is 2.01. The van der Waals surface area contributed by atoms with Crippen LogP contribution in [0.5, 0.6) is 0 Å². The molecule has 2 N–H and O–H groups in total. The van der Waals surface area contributed by atoms with Crippen LogP contribution in [-0.2, 0) is 13.1 Å². The Kier molecular flexibility index (Phi) is 9.20. The molecule has 0 radical (unpaired) electrons. The Labute approximate surface area is 165 Å². The molecule has 0 aromatic carbocycles. The van der Waals surface area contributed by atoms with E-state index in [1.54, 1.807) is 17.5 Å². The molecule has 0 unspecified atom stereocenters. The molecule has 2 aromatic rings. The summed E-state index contributed by atoms with van der Waals surface area (Å²) in [5.74, 6) is 1.26. The molecule has 0 saturated carbocycles. The lowest BCUT2D eigenvalue weighted by Crippen LogP contribution is -2.36. The predicted molar refractivity (Wildman–Crippen MR) is 112 cm³/mol. The minimum absolute atomic E-state index is 0. The number of nitrogens with one attached hydrogen (secondary N) is 2. The van der Waals surface area contributed by atoms with Crippen LogP contribution < -0.4 is 10.6 Å². The highest BCUT2D eigenvalue weighted by Gasteiger charge is 2.06. The van der Waals surface area contributed by atoms with Gasteiger partial charge in [0, 0.05) is 18.1 Å².